The molecular weight excluding hydrogens is 288 g/mol. The SMILES string of the molecule is CC(C)(O)c1cc2c(cc1Nc1ncnc(Cl)n1)C=CC2. The predicted octanol–water partition coefficient (Wildman–Crippen LogP) is 3.07. The maximum absolute atomic E-state index is 10.4. The molecule has 5 nitrogen and oxygen atoms in total. The number of aromatic nitrogens is 3. The summed E-state index contributed by atoms with van der Waals surface area (Å²) in [5.74, 6) is 0.349. The first-order chi connectivity index (χ1) is 9.93. The molecule has 1 aromatic heterocycles. The minimum atomic E-state index is -0.975. The van der Waals surface area contributed by atoms with Crippen LogP contribution in [0.15, 0.2) is 24.5 Å². The van der Waals surface area contributed by atoms with Crippen LogP contribution in [0.2, 0.25) is 5.28 Å². The van der Waals surface area contributed by atoms with Gasteiger partial charge in [0.1, 0.15) is 6.33 Å². The van der Waals surface area contributed by atoms with Crippen molar-refractivity contribution in [2.45, 2.75) is 25.9 Å². The van der Waals surface area contributed by atoms with Gasteiger partial charge in [0.05, 0.1) is 5.60 Å². The third-order valence-corrected chi connectivity index (χ3v) is 3.54. The van der Waals surface area contributed by atoms with Crippen molar-refractivity contribution in [2.24, 2.45) is 0 Å². The Bertz CT molecular complexity index is 722. The maximum Gasteiger partial charge on any atom is 0.231 e. The summed E-state index contributed by atoms with van der Waals surface area (Å²) in [6, 6.07) is 4.00. The van der Waals surface area contributed by atoms with Crippen molar-refractivity contribution in [1.29, 1.82) is 0 Å². The summed E-state index contributed by atoms with van der Waals surface area (Å²) in [6.45, 7) is 3.51. The topological polar surface area (TPSA) is 70.9 Å². The predicted molar refractivity (Wildman–Crippen MR) is 82.5 cm³/mol. The highest BCUT2D eigenvalue weighted by atomic mass is 35.5. The summed E-state index contributed by atoms with van der Waals surface area (Å²) in [7, 11) is 0. The molecule has 0 unspecified atom stereocenters. The van der Waals surface area contributed by atoms with Crippen LogP contribution in [0.4, 0.5) is 11.6 Å². The zero-order valence-electron chi connectivity index (χ0n) is 11.8. The first kappa shape index (κ1) is 14.0. The molecule has 3 rings (SSSR count). The quantitative estimate of drug-likeness (QED) is 0.912. The van der Waals surface area contributed by atoms with Crippen LogP contribution in [-0.2, 0) is 12.0 Å². The maximum atomic E-state index is 10.4. The second-order valence-corrected chi connectivity index (χ2v) is 5.80. The van der Waals surface area contributed by atoms with Gasteiger partial charge in [0.25, 0.3) is 0 Å². The van der Waals surface area contributed by atoms with Gasteiger partial charge in [-0.05, 0) is 55.1 Å². The Morgan fingerprint density at radius 3 is 2.81 bits per heavy atom. The average molecular weight is 303 g/mol. The van der Waals surface area contributed by atoms with Crippen molar-refractivity contribution >= 4 is 29.3 Å². The molecule has 1 heterocycles. The molecule has 0 fully saturated rings. The van der Waals surface area contributed by atoms with Crippen LogP contribution in [0.1, 0.15) is 30.5 Å². The lowest BCUT2D eigenvalue weighted by atomic mass is 9.92. The molecule has 2 N–H and O–H groups in total. The van der Waals surface area contributed by atoms with E-state index < -0.39 is 5.60 Å². The highest BCUT2D eigenvalue weighted by Gasteiger charge is 2.23. The molecule has 0 radical (unpaired) electrons. The second kappa shape index (κ2) is 5.09. The summed E-state index contributed by atoms with van der Waals surface area (Å²) in [5, 5.41) is 13.6. The number of fused-ring (bicyclic) bond motifs is 1. The van der Waals surface area contributed by atoms with Gasteiger partial charge < -0.3 is 10.4 Å². The molecule has 1 aliphatic rings. The van der Waals surface area contributed by atoms with Gasteiger partial charge in [-0.2, -0.15) is 4.98 Å². The van der Waals surface area contributed by atoms with Crippen molar-refractivity contribution < 1.29 is 5.11 Å². The van der Waals surface area contributed by atoms with Crippen LogP contribution in [0.5, 0.6) is 0 Å². The number of rotatable bonds is 3. The lowest BCUT2D eigenvalue weighted by Crippen LogP contribution is -2.18. The van der Waals surface area contributed by atoms with E-state index in [0.717, 1.165) is 23.2 Å². The number of benzene rings is 1. The van der Waals surface area contributed by atoms with Gasteiger partial charge in [0.2, 0.25) is 11.2 Å². The number of allylic oxidation sites excluding steroid dienone is 1. The van der Waals surface area contributed by atoms with Crippen molar-refractivity contribution in [2.75, 3.05) is 5.32 Å². The van der Waals surface area contributed by atoms with Gasteiger partial charge in [-0.3, -0.25) is 0 Å². The molecule has 1 aromatic carbocycles. The van der Waals surface area contributed by atoms with Gasteiger partial charge in [0, 0.05) is 11.3 Å². The molecular formula is C15H15ClN4O. The fourth-order valence-electron chi connectivity index (χ4n) is 2.37. The van der Waals surface area contributed by atoms with Gasteiger partial charge in [-0.1, -0.05) is 12.2 Å². The third-order valence-electron chi connectivity index (χ3n) is 3.36. The van der Waals surface area contributed by atoms with Gasteiger partial charge in [-0.15, -0.1) is 0 Å². The monoisotopic (exact) mass is 302 g/mol. The zero-order valence-corrected chi connectivity index (χ0v) is 12.5. The van der Waals surface area contributed by atoms with E-state index in [2.05, 4.69) is 32.4 Å². The van der Waals surface area contributed by atoms with E-state index >= 15 is 0 Å². The fourth-order valence-corrected chi connectivity index (χ4v) is 2.50. The molecule has 0 atom stereocenters. The molecule has 0 saturated carbocycles. The van der Waals surface area contributed by atoms with Crippen LogP contribution in [0, 0.1) is 0 Å². The second-order valence-electron chi connectivity index (χ2n) is 5.47. The smallest absolute Gasteiger partial charge is 0.231 e. The molecule has 0 saturated heterocycles. The van der Waals surface area contributed by atoms with E-state index in [1.165, 1.54) is 11.9 Å². The molecule has 6 heteroatoms. The third kappa shape index (κ3) is 2.89. The molecule has 0 amide bonds. The Labute approximate surface area is 127 Å². The highest BCUT2D eigenvalue weighted by Crippen LogP contribution is 2.34. The standard InChI is InChI=1S/C15H15ClN4O/c1-15(2,21)11-6-9-4-3-5-10(9)7-12(11)19-14-18-8-17-13(16)20-14/h3,5-8,21H,4H2,1-2H3,(H,17,18,19,20). The molecule has 21 heavy (non-hydrogen) atoms. The number of anilines is 2. The minimum Gasteiger partial charge on any atom is -0.386 e. The molecule has 108 valence electrons. The van der Waals surface area contributed by atoms with Gasteiger partial charge >= 0.3 is 0 Å². The van der Waals surface area contributed by atoms with E-state index in [9.17, 15) is 5.11 Å². The number of nitrogens with one attached hydrogen (secondary N) is 1. The Kier molecular flexibility index (Phi) is 3.39. The normalized spacial score (nSPS) is 13.3. The van der Waals surface area contributed by atoms with Gasteiger partial charge in [-0.25, -0.2) is 9.97 Å². The van der Waals surface area contributed by atoms with E-state index in [0.29, 0.717) is 5.95 Å². The largest absolute Gasteiger partial charge is 0.386 e. The number of hydrogen-bond acceptors (Lipinski definition) is 5. The van der Waals surface area contributed by atoms with E-state index in [1.807, 2.05) is 12.1 Å². The van der Waals surface area contributed by atoms with E-state index in [4.69, 9.17) is 11.6 Å². The molecule has 0 aliphatic heterocycles. The Hall–Kier alpha value is -1.98. The molecule has 1 aliphatic carbocycles. The molecule has 2 aromatic rings. The van der Waals surface area contributed by atoms with Crippen LogP contribution in [-0.4, -0.2) is 20.1 Å². The summed E-state index contributed by atoms with van der Waals surface area (Å²) in [5.41, 5.74) is 2.91. The number of halogens is 1. The Balaban J connectivity index is 2.06. The van der Waals surface area contributed by atoms with E-state index in [1.54, 1.807) is 13.8 Å². The summed E-state index contributed by atoms with van der Waals surface area (Å²) >= 11 is 5.77. The summed E-state index contributed by atoms with van der Waals surface area (Å²) < 4.78 is 0. The Morgan fingerprint density at radius 2 is 2.10 bits per heavy atom. The first-order valence-electron chi connectivity index (χ1n) is 6.61. The summed E-state index contributed by atoms with van der Waals surface area (Å²) in [4.78, 5) is 11.8. The average Bonchev–Trinajstić information content (AvgIpc) is 2.84. The van der Waals surface area contributed by atoms with Crippen molar-refractivity contribution in [3.8, 4) is 0 Å². The molecule has 0 spiro atoms. The van der Waals surface area contributed by atoms with Crippen molar-refractivity contribution in [1.82, 2.24) is 15.0 Å². The number of nitrogens with zero attached hydrogens (tertiary/aromatic N) is 3. The zero-order chi connectivity index (χ0) is 15.0. The van der Waals surface area contributed by atoms with Crippen molar-refractivity contribution in [3.63, 3.8) is 0 Å². The van der Waals surface area contributed by atoms with Crippen LogP contribution < -0.4 is 5.32 Å². The number of aliphatic hydroxyl groups is 1. The molecule has 0 bridgehead atoms. The first-order valence-corrected chi connectivity index (χ1v) is 6.99. The van der Waals surface area contributed by atoms with Crippen LogP contribution >= 0.6 is 11.6 Å². The Morgan fingerprint density at radius 1 is 1.29 bits per heavy atom. The van der Waals surface area contributed by atoms with Crippen LogP contribution in [0.3, 0.4) is 0 Å². The van der Waals surface area contributed by atoms with Gasteiger partial charge in [0.15, 0.2) is 0 Å². The highest BCUT2D eigenvalue weighted by molar-refractivity contribution is 6.28. The van der Waals surface area contributed by atoms with Crippen molar-refractivity contribution in [3.05, 3.63) is 46.5 Å². The minimum absolute atomic E-state index is 0.123. The lowest BCUT2D eigenvalue weighted by molar-refractivity contribution is 0.0793. The van der Waals surface area contributed by atoms with E-state index in [-0.39, 0.29) is 5.28 Å². The van der Waals surface area contributed by atoms with Crippen LogP contribution in [0.25, 0.3) is 6.08 Å². The summed E-state index contributed by atoms with van der Waals surface area (Å²) in [6.07, 6.45) is 6.39. The lowest BCUT2D eigenvalue weighted by Gasteiger charge is -2.23. The fraction of sp³-hybridized carbons (Fsp3) is 0.267. The number of hydrogen-bond donors (Lipinski definition) is 2.